The molecule has 0 bridgehead atoms. The number of nitrogens with one attached hydrogen (secondary N) is 1. The number of hydrogen-bond acceptors (Lipinski definition) is 4. The molecule has 1 aliphatic heterocycles. The first-order valence-electron chi connectivity index (χ1n) is 5.88. The Morgan fingerprint density at radius 3 is 2.74 bits per heavy atom. The molecule has 1 amide bonds. The summed E-state index contributed by atoms with van der Waals surface area (Å²) in [5.74, 6) is 0.143. The van der Waals surface area contributed by atoms with Crippen LogP contribution < -0.4 is 14.4 Å². The van der Waals surface area contributed by atoms with Crippen molar-refractivity contribution in [2.24, 2.45) is 0 Å². The number of amides is 1. The summed E-state index contributed by atoms with van der Waals surface area (Å²) in [5.41, 5.74) is 0.469. The molecule has 0 spiro atoms. The molecule has 6 nitrogen and oxygen atoms in total. The van der Waals surface area contributed by atoms with Crippen LogP contribution in [0, 0.1) is 0 Å². The molecule has 1 atom stereocenters. The zero-order chi connectivity index (χ0) is 14.0. The van der Waals surface area contributed by atoms with Crippen LogP contribution in [0.1, 0.15) is 6.42 Å². The van der Waals surface area contributed by atoms with Crippen LogP contribution in [-0.4, -0.2) is 40.3 Å². The Kier molecular flexibility index (Phi) is 3.66. The molecule has 1 aromatic rings. The monoisotopic (exact) mass is 284 g/mol. The topological polar surface area (TPSA) is 75.7 Å². The first kappa shape index (κ1) is 13.7. The fourth-order valence-corrected chi connectivity index (χ4v) is 2.97. The number of sulfonamides is 1. The van der Waals surface area contributed by atoms with E-state index in [1.807, 2.05) is 0 Å². The van der Waals surface area contributed by atoms with Crippen molar-refractivity contribution in [3.63, 3.8) is 0 Å². The van der Waals surface area contributed by atoms with E-state index in [0.717, 1.165) is 6.26 Å². The summed E-state index contributed by atoms with van der Waals surface area (Å²) in [6, 6.07) is 6.81. The van der Waals surface area contributed by atoms with Gasteiger partial charge in [-0.05, 0) is 12.1 Å². The van der Waals surface area contributed by atoms with Gasteiger partial charge in [-0.2, -0.15) is 0 Å². The summed E-state index contributed by atoms with van der Waals surface area (Å²) in [6.07, 6.45) is 0.767. The first-order chi connectivity index (χ1) is 8.93. The predicted octanol–water partition coefficient (Wildman–Crippen LogP) is 0.350. The molecule has 0 aromatic heterocycles. The molecule has 0 radical (unpaired) electrons. The second-order valence-electron chi connectivity index (χ2n) is 4.31. The van der Waals surface area contributed by atoms with Crippen LogP contribution in [0.5, 0.6) is 5.75 Å². The summed E-state index contributed by atoms with van der Waals surface area (Å²) in [5, 5.41) is 2.51. The number of carbonyl (C=O) groups excluding carboxylic acids is 1. The number of fused-ring (bicyclic) bond motifs is 1. The van der Waals surface area contributed by atoms with Gasteiger partial charge in [-0.3, -0.25) is 9.10 Å². The minimum Gasteiger partial charge on any atom is -0.478 e. The lowest BCUT2D eigenvalue weighted by atomic mass is 10.2. The molecule has 1 aromatic carbocycles. The highest BCUT2D eigenvalue weighted by molar-refractivity contribution is 7.92. The highest BCUT2D eigenvalue weighted by Gasteiger charge is 2.30. The van der Waals surface area contributed by atoms with Crippen molar-refractivity contribution in [3.8, 4) is 5.75 Å². The number of nitrogens with zero attached hydrogens (tertiary/aromatic N) is 1. The van der Waals surface area contributed by atoms with Gasteiger partial charge in [-0.1, -0.05) is 12.1 Å². The number of rotatable bonds is 2. The highest BCUT2D eigenvalue weighted by atomic mass is 32.2. The Labute approximate surface area is 112 Å². The largest absolute Gasteiger partial charge is 0.478 e. The molecule has 1 heterocycles. The van der Waals surface area contributed by atoms with Crippen molar-refractivity contribution in [2.45, 2.75) is 12.5 Å². The summed E-state index contributed by atoms with van der Waals surface area (Å²) in [7, 11) is -1.87. The minimum absolute atomic E-state index is 0.216. The van der Waals surface area contributed by atoms with Gasteiger partial charge in [-0.15, -0.1) is 0 Å². The van der Waals surface area contributed by atoms with Crippen molar-refractivity contribution < 1.29 is 17.9 Å². The van der Waals surface area contributed by atoms with Gasteiger partial charge in [0, 0.05) is 20.0 Å². The van der Waals surface area contributed by atoms with Crippen LogP contribution in [0.2, 0.25) is 0 Å². The summed E-state index contributed by atoms with van der Waals surface area (Å²) in [4.78, 5) is 11.7. The minimum atomic E-state index is -3.40. The number of benzene rings is 1. The summed E-state index contributed by atoms with van der Waals surface area (Å²) >= 11 is 0. The molecule has 104 valence electrons. The van der Waals surface area contributed by atoms with E-state index in [4.69, 9.17) is 4.74 Å². The Hall–Kier alpha value is -1.76. The van der Waals surface area contributed by atoms with Crippen molar-refractivity contribution in [3.05, 3.63) is 24.3 Å². The van der Waals surface area contributed by atoms with Crippen LogP contribution in [0.15, 0.2) is 24.3 Å². The molecule has 1 N–H and O–H groups in total. The number of ether oxygens (including phenoxy) is 1. The predicted molar refractivity (Wildman–Crippen MR) is 71.7 cm³/mol. The molecule has 0 saturated heterocycles. The third-order valence-corrected chi connectivity index (χ3v) is 4.12. The quantitative estimate of drug-likeness (QED) is 0.850. The molecule has 0 saturated carbocycles. The van der Waals surface area contributed by atoms with E-state index >= 15 is 0 Å². The highest BCUT2D eigenvalue weighted by Crippen LogP contribution is 2.33. The van der Waals surface area contributed by atoms with E-state index in [0.29, 0.717) is 17.9 Å². The van der Waals surface area contributed by atoms with Crippen LogP contribution in [0.25, 0.3) is 0 Å². The van der Waals surface area contributed by atoms with Gasteiger partial charge in [0.1, 0.15) is 5.75 Å². The Bertz CT molecular complexity index is 585. The first-order valence-corrected chi connectivity index (χ1v) is 7.73. The number of hydrogen-bond donors (Lipinski definition) is 1. The molecule has 1 unspecified atom stereocenters. The molecule has 19 heavy (non-hydrogen) atoms. The lowest BCUT2D eigenvalue weighted by Crippen LogP contribution is -2.38. The second-order valence-corrected chi connectivity index (χ2v) is 6.22. The zero-order valence-corrected chi connectivity index (χ0v) is 11.6. The van der Waals surface area contributed by atoms with Crippen molar-refractivity contribution in [2.75, 3.05) is 24.2 Å². The fraction of sp³-hybridized carbons (Fsp3) is 0.417. The van der Waals surface area contributed by atoms with Gasteiger partial charge in [0.05, 0.1) is 11.9 Å². The number of likely N-dealkylation sites (N-methyl/N-ethyl adjacent to an activating group) is 1. The Balaban J connectivity index is 2.43. The summed E-state index contributed by atoms with van der Waals surface area (Å²) < 4.78 is 30.5. The maximum Gasteiger partial charge on any atom is 0.260 e. The SMILES string of the molecule is CNC(=O)C1CCN(S(C)(=O)=O)c2ccccc2O1. The van der Waals surface area contributed by atoms with Gasteiger partial charge in [0.2, 0.25) is 10.0 Å². The average molecular weight is 284 g/mol. The maximum absolute atomic E-state index is 11.8. The molecule has 0 fully saturated rings. The molecule has 7 heteroatoms. The molecule has 1 aliphatic rings. The normalized spacial score (nSPS) is 19.1. The smallest absolute Gasteiger partial charge is 0.260 e. The number of para-hydroxylation sites is 2. The number of anilines is 1. The van der Waals surface area contributed by atoms with Gasteiger partial charge in [0.25, 0.3) is 5.91 Å². The Morgan fingerprint density at radius 2 is 2.11 bits per heavy atom. The van der Waals surface area contributed by atoms with Crippen molar-refractivity contribution in [1.29, 1.82) is 0 Å². The van der Waals surface area contributed by atoms with Crippen molar-refractivity contribution >= 4 is 21.6 Å². The van der Waals surface area contributed by atoms with E-state index in [9.17, 15) is 13.2 Å². The maximum atomic E-state index is 11.8. The van der Waals surface area contributed by atoms with E-state index in [1.54, 1.807) is 24.3 Å². The standard InChI is InChI=1S/C12H16N2O4S/c1-13-12(15)11-7-8-14(19(2,16)17)9-5-3-4-6-10(9)18-11/h3-6,11H,7-8H2,1-2H3,(H,13,15). The summed E-state index contributed by atoms with van der Waals surface area (Å²) in [6.45, 7) is 0.216. The zero-order valence-electron chi connectivity index (χ0n) is 10.8. The van der Waals surface area contributed by atoms with Crippen LogP contribution in [-0.2, 0) is 14.8 Å². The van der Waals surface area contributed by atoms with Gasteiger partial charge >= 0.3 is 0 Å². The molecular formula is C12H16N2O4S. The van der Waals surface area contributed by atoms with Gasteiger partial charge < -0.3 is 10.1 Å². The average Bonchev–Trinajstić information content (AvgIpc) is 2.56. The van der Waals surface area contributed by atoms with Crippen LogP contribution in [0.4, 0.5) is 5.69 Å². The lowest BCUT2D eigenvalue weighted by molar-refractivity contribution is -0.127. The number of carbonyl (C=O) groups is 1. The van der Waals surface area contributed by atoms with Crippen LogP contribution >= 0.6 is 0 Å². The third kappa shape index (κ3) is 2.81. The van der Waals surface area contributed by atoms with Crippen LogP contribution in [0.3, 0.4) is 0 Å². The third-order valence-electron chi connectivity index (χ3n) is 2.94. The molecule has 2 rings (SSSR count). The Morgan fingerprint density at radius 1 is 1.42 bits per heavy atom. The van der Waals surface area contributed by atoms with Gasteiger partial charge in [0.15, 0.2) is 6.10 Å². The van der Waals surface area contributed by atoms with Gasteiger partial charge in [-0.25, -0.2) is 8.42 Å². The van der Waals surface area contributed by atoms with E-state index < -0.39 is 16.1 Å². The fourth-order valence-electron chi connectivity index (χ4n) is 2.02. The van der Waals surface area contributed by atoms with E-state index in [-0.39, 0.29) is 12.5 Å². The lowest BCUT2D eigenvalue weighted by Gasteiger charge is -2.20. The second kappa shape index (κ2) is 5.08. The van der Waals surface area contributed by atoms with E-state index in [1.165, 1.54) is 11.4 Å². The molecule has 0 aliphatic carbocycles. The van der Waals surface area contributed by atoms with E-state index in [2.05, 4.69) is 5.32 Å². The molecular weight excluding hydrogens is 268 g/mol. The van der Waals surface area contributed by atoms with Crippen molar-refractivity contribution in [1.82, 2.24) is 5.32 Å².